The van der Waals surface area contributed by atoms with Gasteiger partial charge in [0.15, 0.2) is 6.61 Å². The lowest BCUT2D eigenvalue weighted by Crippen LogP contribution is -3.12. The van der Waals surface area contributed by atoms with E-state index in [1.165, 1.54) is 11.8 Å². The van der Waals surface area contributed by atoms with Crippen LogP contribution in [0.1, 0.15) is 5.56 Å². The first-order chi connectivity index (χ1) is 14.5. The predicted molar refractivity (Wildman–Crippen MR) is 117 cm³/mol. The lowest BCUT2D eigenvalue weighted by molar-refractivity contribution is -0.880. The molecule has 1 fully saturated rings. The van der Waals surface area contributed by atoms with Gasteiger partial charge in [0.1, 0.15) is 11.3 Å². The number of rotatable bonds is 5. The van der Waals surface area contributed by atoms with E-state index in [1.807, 2.05) is 37.3 Å². The van der Waals surface area contributed by atoms with E-state index in [0.717, 1.165) is 42.8 Å². The maximum atomic E-state index is 12.3. The summed E-state index contributed by atoms with van der Waals surface area (Å²) in [6.45, 7) is 6.06. The number of carbonyl (C=O) groups is 1. The third-order valence-corrected chi connectivity index (χ3v) is 5.43. The minimum Gasteiger partial charge on any atom is -0.484 e. The second kappa shape index (κ2) is 8.59. The van der Waals surface area contributed by atoms with Crippen molar-refractivity contribution < 1.29 is 18.8 Å². The highest BCUT2D eigenvalue weighted by Gasteiger charge is 2.16. The summed E-state index contributed by atoms with van der Waals surface area (Å²) in [5.41, 5.74) is 2.78. The third-order valence-electron chi connectivity index (χ3n) is 5.43. The Labute approximate surface area is 174 Å². The van der Waals surface area contributed by atoms with Gasteiger partial charge in [0.05, 0.1) is 33.2 Å². The van der Waals surface area contributed by atoms with Crippen LogP contribution in [0, 0.1) is 6.92 Å². The van der Waals surface area contributed by atoms with Crippen molar-refractivity contribution in [1.29, 1.82) is 0 Å². The highest BCUT2D eigenvalue weighted by molar-refractivity contribution is 5.92. The van der Waals surface area contributed by atoms with Crippen molar-refractivity contribution in [2.75, 3.05) is 50.1 Å². The van der Waals surface area contributed by atoms with E-state index in [1.54, 1.807) is 17.0 Å². The van der Waals surface area contributed by atoms with Gasteiger partial charge in [0.25, 0.3) is 5.91 Å². The molecule has 0 aliphatic carbocycles. The number of hydrogen-bond donors (Lipinski definition) is 2. The lowest BCUT2D eigenvalue weighted by atomic mass is 10.1. The fourth-order valence-electron chi connectivity index (χ4n) is 3.64. The van der Waals surface area contributed by atoms with Gasteiger partial charge in [-0.15, -0.1) is 0 Å². The molecule has 0 atom stereocenters. The summed E-state index contributed by atoms with van der Waals surface area (Å²) in [6.07, 6.45) is 0. The Morgan fingerprint density at radius 2 is 1.87 bits per heavy atom. The molecule has 156 valence electrons. The first kappa shape index (κ1) is 20.0. The van der Waals surface area contributed by atoms with Gasteiger partial charge in [-0.2, -0.15) is 0 Å². The van der Waals surface area contributed by atoms with Crippen LogP contribution in [0.2, 0.25) is 0 Å². The van der Waals surface area contributed by atoms with E-state index in [-0.39, 0.29) is 12.5 Å². The van der Waals surface area contributed by atoms with Crippen molar-refractivity contribution in [3.05, 3.63) is 64.5 Å². The summed E-state index contributed by atoms with van der Waals surface area (Å²) in [6, 6.07) is 14.5. The van der Waals surface area contributed by atoms with Crippen LogP contribution >= 0.6 is 0 Å². The molecule has 0 unspecified atom stereocenters. The molecule has 0 radical (unpaired) electrons. The zero-order valence-electron chi connectivity index (χ0n) is 17.2. The van der Waals surface area contributed by atoms with Gasteiger partial charge in [-0.25, -0.2) is 4.79 Å². The van der Waals surface area contributed by atoms with Crippen molar-refractivity contribution in [1.82, 2.24) is 0 Å². The van der Waals surface area contributed by atoms with Gasteiger partial charge in [-0.3, -0.25) is 4.79 Å². The van der Waals surface area contributed by atoms with Gasteiger partial charge in [-0.1, -0.05) is 0 Å². The maximum absolute atomic E-state index is 12.3. The second-order valence-corrected chi connectivity index (χ2v) is 7.73. The van der Waals surface area contributed by atoms with E-state index in [4.69, 9.17) is 9.15 Å². The molecule has 4 rings (SSSR count). The Morgan fingerprint density at radius 3 is 2.60 bits per heavy atom. The van der Waals surface area contributed by atoms with Gasteiger partial charge in [0.2, 0.25) is 0 Å². The molecule has 0 saturated carbocycles. The van der Waals surface area contributed by atoms with Crippen molar-refractivity contribution in [3.8, 4) is 5.75 Å². The van der Waals surface area contributed by atoms with Crippen LogP contribution in [0.4, 0.5) is 11.4 Å². The largest absolute Gasteiger partial charge is 0.484 e. The van der Waals surface area contributed by atoms with Gasteiger partial charge in [0, 0.05) is 28.9 Å². The Morgan fingerprint density at radius 1 is 1.13 bits per heavy atom. The molecule has 2 aromatic carbocycles. The van der Waals surface area contributed by atoms with Crippen LogP contribution in [-0.4, -0.2) is 45.7 Å². The van der Waals surface area contributed by atoms with E-state index < -0.39 is 5.63 Å². The number of likely N-dealkylation sites (N-methyl/N-ethyl adjacent to an activating group) is 1. The number of benzene rings is 2. The Bertz CT molecular complexity index is 1100. The van der Waals surface area contributed by atoms with E-state index >= 15 is 0 Å². The molecule has 30 heavy (non-hydrogen) atoms. The Hall–Kier alpha value is -3.32. The highest BCUT2D eigenvalue weighted by atomic mass is 16.5. The minimum atomic E-state index is -0.406. The third kappa shape index (κ3) is 4.63. The molecular formula is C23H26N3O4+. The number of piperazine rings is 1. The first-order valence-corrected chi connectivity index (χ1v) is 10.1. The van der Waals surface area contributed by atoms with E-state index in [9.17, 15) is 9.59 Å². The van der Waals surface area contributed by atoms with Crippen LogP contribution in [-0.2, 0) is 4.79 Å². The molecule has 1 saturated heterocycles. The number of carbonyl (C=O) groups excluding carboxylic acids is 1. The van der Waals surface area contributed by atoms with Crippen LogP contribution in [0.5, 0.6) is 5.75 Å². The molecular weight excluding hydrogens is 382 g/mol. The fourth-order valence-corrected chi connectivity index (χ4v) is 3.64. The summed E-state index contributed by atoms with van der Waals surface area (Å²) in [4.78, 5) is 27.7. The molecule has 0 bridgehead atoms. The van der Waals surface area contributed by atoms with Gasteiger partial charge in [-0.05, 0) is 48.9 Å². The SMILES string of the molecule is Cc1cc(=O)oc2cc(OCC(=O)Nc3ccc(N4CC[NH+](C)CC4)cc3)ccc12. The molecule has 7 heteroatoms. The predicted octanol–water partition coefficient (Wildman–Crippen LogP) is 1.45. The summed E-state index contributed by atoms with van der Waals surface area (Å²) >= 11 is 0. The summed E-state index contributed by atoms with van der Waals surface area (Å²) in [7, 11) is 2.22. The molecule has 1 amide bonds. The number of anilines is 2. The molecule has 7 nitrogen and oxygen atoms in total. The average molecular weight is 408 g/mol. The lowest BCUT2D eigenvalue weighted by Gasteiger charge is -2.31. The molecule has 2 heterocycles. The number of amides is 1. The molecule has 2 N–H and O–H groups in total. The standard InChI is InChI=1S/C23H25N3O4/c1-16-13-23(28)30-21-14-19(7-8-20(16)21)29-15-22(27)24-17-3-5-18(6-4-17)26-11-9-25(2)10-12-26/h3-8,13-14H,9-12,15H2,1-2H3,(H,24,27)/p+1. The van der Waals surface area contributed by atoms with Gasteiger partial charge < -0.3 is 24.3 Å². The van der Waals surface area contributed by atoms with Crippen molar-refractivity contribution in [2.24, 2.45) is 0 Å². The van der Waals surface area contributed by atoms with Crippen LogP contribution in [0.3, 0.4) is 0 Å². The number of hydrogen-bond acceptors (Lipinski definition) is 5. The molecule has 1 aliphatic rings. The smallest absolute Gasteiger partial charge is 0.336 e. The summed E-state index contributed by atoms with van der Waals surface area (Å²) in [5, 5.41) is 3.69. The van der Waals surface area contributed by atoms with Crippen LogP contribution in [0.25, 0.3) is 11.0 Å². The summed E-state index contributed by atoms with van der Waals surface area (Å²) < 4.78 is 10.8. The van der Waals surface area contributed by atoms with E-state index in [0.29, 0.717) is 11.3 Å². The quantitative estimate of drug-likeness (QED) is 0.625. The maximum Gasteiger partial charge on any atom is 0.336 e. The topological polar surface area (TPSA) is 76.2 Å². The Balaban J connectivity index is 1.33. The van der Waals surface area contributed by atoms with Crippen LogP contribution < -0.4 is 25.5 Å². The number of ether oxygens (including phenoxy) is 1. The monoisotopic (exact) mass is 408 g/mol. The van der Waals surface area contributed by atoms with Gasteiger partial charge >= 0.3 is 5.63 Å². The van der Waals surface area contributed by atoms with Crippen molar-refractivity contribution >= 4 is 28.3 Å². The minimum absolute atomic E-state index is 0.134. The zero-order chi connectivity index (χ0) is 21.1. The molecule has 3 aromatic rings. The van der Waals surface area contributed by atoms with Crippen molar-refractivity contribution in [2.45, 2.75) is 6.92 Å². The number of aryl methyl sites for hydroxylation is 1. The number of fused-ring (bicyclic) bond motifs is 1. The number of nitrogens with zero attached hydrogens (tertiary/aromatic N) is 1. The normalized spacial score (nSPS) is 14.7. The fraction of sp³-hybridized carbons (Fsp3) is 0.304. The molecule has 1 aromatic heterocycles. The number of nitrogens with one attached hydrogen (secondary N) is 2. The Kier molecular flexibility index (Phi) is 5.72. The second-order valence-electron chi connectivity index (χ2n) is 7.73. The van der Waals surface area contributed by atoms with E-state index in [2.05, 4.69) is 17.3 Å². The highest BCUT2D eigenvalue weighted by Crippen LogP contribution is 2.22. The summed E-state index contributed by atoms with van der Waals surface area (Å²) in [5.74, 6) is 0.218. The molecule has 1 aliphatic heterocycles. The number of quaternary nitrogens is 1. The van der Waals surface area contributed by atoms with Crippen molar-refractivity contribution in [3.63, 3.8) is 0 Å². The van der Waals surface area contributed by atoms with Crippen LogP contribution in [0.15, 0.2) is 57.7 Å². The zero-order valence-corrected chi connectivity index (χ0v) is 17.2. The average Bonchev–Trinajstić information content (AvgIpc) is 2.73. The molecule has 0 spiro atoms. The first-order valence-electron chi connectivity index (χ1n) is 10.1.